The van der Waals surface area contributed by atoms with Crippen LogP contribution in [0.2, 0.25) is 0 Å². The molecule has 0 spiro atoms. The molecule has 0 radical (unpaired) electrons. The van der Waals surface area contributed by atoms with Gasteiger partial charge in [0.25, 0.3) is 0 Å². The lowest BCUT2D eigenvalue weighted by molar-refractivity contribution is 0.281. The molecule has 2 rings (SSSR count). The molecule has 1 aliphatic rings. The minimum Gasteiger partial charge on any atom is -0.389 e. The number of hydrogen-bond donors (Lipinski definition) is 1. The molecule has 1 aromatic heterocycles. The molecule has 1 atom stereocenters. The number of aromatic nitrogens is 1. The van der Waals surface area contributed by atoms with Gasteiger partial charge in [0.15, 0.2) is 0 Å². The summed E-state index contributed by atoms with van der Waals surface area (Å²) in [6.07, 6.45) is 2.56. The van der Waals surface area contributed by atoms with Crippen LogP contribution in [-0.4, -0.2) is 15.8 Å². The molecule has 1 N–H and O–H groups in total. The van der Waals surface area contributed by atoms with E-state index in [9.17, 15) is 0 Å². The van der Waals surface area contributed by atoms with Crippen molar-refractivity contribution in [2.75, 3.05) is 5.75 Å². The zero-order valence-corrected chi connectivity index (χ0v) is 8.33. The zero-order chi connectivity index (χ0) is 8.39. The van der Waals surface area contributed by atoms with E-state index in [0.717, 1.165) is 5.01 Å². The molecule has 0 bridgehead atoms. The van der Waals surface area contributed by atoms with Crippen molar-refractivity contribution in [1.29, 1.82) is 0 Å². The van der Waals surface area contributed by atoms with Gasteiger partial charge in [-0.2, -0.15) is 11.8 Å². The van der Waals surface area contributed by atoms with E-state index in [2.05, 4.69) is 10.4 Å². The van der Waals surface area contributed by atoms with Gasteiger partial charge in [0, 0.05) is 10.6 Å². The highest BCUT2D eigenvalue weighted by Crippen LogP contribution is 2.39. The number of aliphatic hydroxyl groups is 1. The fourth-order valence-corrected chi connectivity index (χ4v) is 3.39. The third-order valence-corrected chi connectivity index (χ3v) is 4.22. The number of hydrogen-bond acceptors (Lipinski definition) is 4. The molecule has 0 aliphatic carbocycles. The first kappa shape index (κ1) is 8.53. The molecule has 2 heterocycles. The molecule has 2 nitrogen and oxygen atoms in total. The van der Waals surface area contributed by atoms with Gasteiger partial charge in [0.2, 0.25) is 0 Å². The van der Waals surface area contributed by atoms with Crippen LogP contribution in [0.15, 0.2) is 5.38 Å². The number of thiazole rings is 1. The quantitative estimate of drug-likeness (QED) is 0.796. The van der Waals surface area contributed by atoms with Gasteiger partial charge in [-0.1, -0.05) is 0 Å². The Labute approximate surface area is 80.0 Å². The Bertz CT molecular complexity index is 255. The Balaban J connectivity index is 2.11. The lowest BCUT2D eigenvalue weighted by Crippen LogP contribution is -1.89. The van der Waals surface area contributed by atoms with E-state index in [4.69, 9.17) is 5.11 Å². The summed E-state index contributed by atoms with van der Waals surface area (Å²) in [5, 5.41) is 12.4. The van der Waals surface area contributed by atoms with Crippen LogP contribution in [0.5, 0.6) is 0 Å². The van der Waals surface area contributed by atoms with Gasteiger partial charge >= 0.3 is 0 Å². The first-order chi connectivity index (χ1) is 5.90. The molecule has 4 heteroatoms. The van der Waals surface area contributed by atoms with Crippen molar-refractivity contribution in [3.05, 3.63) is 16.1 Å². The van der Waals surface area contributed by atoms with Crippen molar-refractivity contribution in [1.82, 2.24) is 4.98 Å². The zero-order valence-electron chi connectivity index (χ0n) is 6.69. The maximum atomic E-state index is 8.83. The maximum absolute atomic E-state index is 8.83. The Morgan fingerprint density at radius 3 is 3.17 bits per heavy atom. The third kappa shape index (κ3) is 1.65. The van der Waals surface area contributed by atoms with Crippen molar-refractivity contribution < 1.29 is 5.11 Å². The second-order valence-corrected chi connectivity index (χ2v) is 5.08. The van der Waals surface area contributed by atoms with Gasteiger partial charge in [-0.15, -0.1) is 11.3 Å². The third-order valence-electron chi connectivity index (χ3n) is 1.96. The van der Waals surface area contributed by atoms with Gasteiger partial charge in [-0.05, 0) is 18.6 Å². The van der Waals surface area contributed by atoms with Crippen LogP contribution >= 0.6 is 23.1 Å². The van der Waals surface area contributed by atoms with Gasteiger partial charge in [0.1, 0.15) is 5.01 Å². The Hall–Kier alpha value is -0.0600. The summed E-state index contributed by atoms with van der Waals surface area (Å²) < 4.78 is 0. The fraction of sp³-hybridized carbons (Fsp3) is 0.625. The molecule has 66 valence electrons. The molecule has 1 aliphatic heterocycles. The summed E-state index contributed by atoms with van der Waals surface area (Å²) in [5.74, 6) is 1.26. The summed E-state index contributed by atoms with van der Waals surface area (Å²) in [6.45, 7) is 0.0854. The predicted molar refractivity (Wildman–Crippen MR) is 52.5 cm³/mol. The van der Waals surface area contributed by atoms with E-state index in [1.807, 2.05) is 11.8 Å². The highest BCUT2D eigenvalue weighted by Gasteiger charge is 2.19. The van der Waals surface area contributed by atoms with Crippen LogP contribution in [0.3, 0.4) is 0 Å². The van der Waals surface area contributed by atoms with E-state index in [0.29, 0.717) is 5.25 Å². The number of aliphatic hydroxyl groups excluding tert-OH is 1. The summed E-state index contributed by atoms with van der Waals surface area (Å²) >= 11 is 3.54. The molecule has 12 heavy (non-hydrogen) atoms. The van der Waals surface area contributed by atoms with E-state index in [1.54, 1.807) is 11.3 Å². The highest BCUT2D eigenvalue weighted by molar-refractivity contribution is 7.99. The average Bonchev–Trinajstić information content (AvgIpc) is 2.75. The molecule has 1 unspecified atom stereocenters. The van der Waals surface area contributed by atoms with Crippen LogP contribution in [-0.2, 0) is 6.61 Å². The Morgan fingerprint density at radius 2 is 2.58 bits per heavy atom. The fourth-order valence-electron chi connectivity index (χ4n) is 1.36. The lowest BCUT2D eigenvalue weighted by Gasteiger charge is -2.02. The topological polar surface area (TPSA) is 33.1 Å². The van der Waals surface area contributed by atoms with Crippen LogP contribution in [0.4, 0.5) is 0 Å². The maximum Gasteiger partial charge on any atom is 0.118 e. The molecular formula is C8H11NOS2. The lowest BCUT2D eigenvalue weighted by atomic mass is 10.2. The van der Waals surface area contributed by atoms with Crippen molar-refractivity contribution in [2.24, 2.45) is 0 Å². The van der Waals surface area contributed by atoms with Crippen molar-refractivity contribution in [3.63, 3.8) is 0 Å². The largest absolute Gasteiger partial charge is 0.389 e. The molecule has 0 amide bonds. The van der Waals surface area contributed by atoms with Gasteiger partial charge in [-0.25, -0.2) is 4.98 Å². The average molecular weight is 201 g/mol. The van der Waals surface area contributed by atoms with Crippen LogP contribution in [0.1, 0.15) is 28.8 Å². The first-order valence-electron chi connectivity index (χ1n) is 4.07. The molecule has 0 aromatic carbocycles. The summed E-state index contributed by atoms with van der Waals surface area (Å²) in [7, 11) is 0. The van der Waals surface area contributed by atoms with Gasteiger partial charge in [0.05, 0.1) is 12.3 Å². The minimum atomic E-state index is 0.0854. The van der Waals surface area contributed by atoms with E-state index in [-0.39, 0.29) is 6.61 Å². The Kier molecular flexibility index (Phi) is 2.68. The normalized spacial score (nSPS) is 23.2. The second-order valence-electron chi connectivity index (χ2n) is 2.83. The van der Waals surface area contributed by atoms with E-state index >= 15 is 0 Å². The highest BCUT2D eigenvalue weighted by atomic mass is 32.2. The molecule has 1 fully saturated rings. The van der Waals surface area contributed by atoms with Gasteiger partial charge < -0.3 is 5.11 Å². The smallest absolute Gasteiger partial charge is 0.118 e. The molecule has 1 saturated heterocycles. The Morgan fingerprint density at radius 1 is 1.67 bits per heavy atom. The summed E-state index contributed by atoms with van der Waals surface area (Å²) in [5.41, 5.74) is 1.17. The van der Waals surface area contributed by atoms with E-state index in [1.165, 1.54) is 24.3 Å². The molecule has 1 aromatic rings. The second kappa shape index (κ2) is 3.77. The number of thioether (sulfide) groups is 1. The van der Waals surface area contributed by atoms with Crippen LogP contribution in [0, 0.1) is 0 Å². The number of nitrogens with zero attached hydrogens (tertiary/aromatic N) is 1. The summed E-state index contributed by atoms with van der Waals surface area (Å²) in [6, 6.07) is 0. The summed E-state index contributed by atoms with van der Waals surface area (Å²) in [4.78, 5) is 4.36. The monoisotopic (exact) mass is 201 g/mol. The number of rotatable bonds is 2. The van der Waals surface area contributed by atoms with E-state index < -0.39 is 0 Å². The predicted octanol–water partition coefficient (Wildman–Crippen LogP) is 2.20. The minimum absolute atomic E-state index is 0.0854. The first-order valence-corrected chi connectivity index (χ1v) is 6.00. The standard InChI is InChI=1S/C8H11NOS2/c10-4-8-9-6(5-12-8)7-2-1-3-11-7/h5,7,10H,1-4H2. The van der Waals surface area contributed by atoms with Crippen LogP contribution < -0.4 is 0 Å². The van der Waals surface area contributed by atoms with Gasteiger partial charge in [-0.3, -0.25) is 0 Å². The van der Waals surface area contributed by atoms with Crippen LogP contribution in [0.25, 0.3) is 0 Å². The molecular weight excluding hydrogens is 190 g/mol. The van der Waals surface area contributed by atoms with Crippen molar-refractivity contribution in [2.45, 2.75) is 24.7 Å². The molecule has 0 saturated carbocycles. The van der Waals surface area contributed by atoms with Crippen molar-refractivity contribution in [3.8, 4) is 0 Å². The SMILES string of the molecule is OCc1nc(C2CCCS2)cs1. The van der Waals surface area contributed by atoms with Crippen molar-refractivity contribution >= 4 is 23.1 Å².